The Morgan fingerprint density at radius 3 is 2.60 bits per heavy atom. The van der Waals surface area contributed by atoms with Crippen LogP contribution in [-0.2, 0) is 0 Å². The van der Waals surface area contributed by atoms with Crippen LogP contribution < -0.4 is 5.32 Å². The number of nitrogens with one attached hydrogen (secondary N) is 1. The molecule has 4 aliphatic rings. The second-order valence-electron chi connectivity index (χ2n) is 7.97. The van der Waals surface area contributed by atoms with Gasteiger partial charge in [-0.05, 0) is 37.0 Å². The topological polar surface area (TPSA) is 15.3 Å². The van der Waals surface area contributed by atoms with Gasteiger partial charge in [0.15, 0.2) is 0 Å². The standard InChI is InChI=1S/C18H32N2/c1-2-6-14(7-3-1)16-12-15(16)13-20-11-10-19-17-8-4-5-9-18(17)20/h14-19H,1-13H2/t15-,16+,17-,18-/m1/s1. The van der Waals surface area contributed by atoms with Crippen molar-refractivity contribution in [2.24, 2.45) is 17.8 Å². The van der Waals surface area contributed by atoms with Crippen LogP contribution in [0.1, 0.15) is 64.2 Å². The van der Waals surface area contributed by atoms with E-state index in [-0.39, 0.29) is 0 Å². The molecule has 3 saturated carbocycles. The molecular weight excluding hydrogens is 244 g/mol. The molecule has 0 bridgehead atoms. The van der Waals surface area contributed by atoms with Gasteiger partial charge in [0, 0.05) is 31.7 Å². The summed E-state index contributed by atoms with van der Waals surface area (Å²) in [6, 6.07) is 1.70. The van der Waals surface area contributed by atoms with Crippen molar-refractivity contribution < 1.29 is 0 Å². The lowest BCUT2D eigenvalue weighted by molar-refractivity contribution is 0.0807. The van der Waals surface area contributed by atoms with Gasteiger partial charge in [-0.2, -0.15) is 0 Å². The monoisotopic (exact) mass is 276 g/mol. The molecule has 1 heterocycles. The highest BCUT2D eigenvalue weighted by molar-refractivity contribution is 4.98. The molecule has 0 amide bonds. The predicted octanol–water partition coefficient (Wildman–Crippen LogP) is 3.42. The highest BCUT2D eigenvalue weighted by Gasteiger charge is 2.45. The van der Waals surface area contributed by atoms with Crippen molar-refractivity contribution in [1.29, 1.82) is 0 Å². The maximum absolute atomic E-state index is 3.78. The van der Waals surface area contributed by atoms with Crippen molar-refractivity contribution in [1.82, 2.24) is 10.2 Å². The van der Waals surface area contributed by atoms with Crippen LogP contribution in [0, 0.1) is 17.8 Å². The average molecular weight is 276 g/mol. The van der Waals surface area contributed by atoms with E-state index >= 15 is 0 Å². The van der Waals surface area contributed by atoms with E-state index in [4.69, 9.17) is 0 Å². The summed E-state index contributed by atoms with van der Waals surface area (Å²) in [5.41, 5.74) is 0. The third kappa shape index (κ3) is 2.78. The first-order valence-electron chi connectivity index (χ1n) is 9.39. The zero-order chi connectivity index (χ0) is 13.4. The van der Waals surface area contributed by atoms with Gasteiger partial charge in [0.2, 0.25) is 0 Å². The molecule has 4 atom stereocenters. The van der Waals surface area contributed by atoms with Crippen molar-refractivity contribution >= 4 is 0 Å². The molecule has 1 N–H and O–H groups in total. The smallest absolute Gasteiger partial charge is 0.0250 e. The average Bonchev–Trinajstić information content (AvgIpc) is 3.28. The van der Waals surface area contributed by atoms with E-state index in [0.29, 0.717) is 0 Å². The van der Waals surface area contributed by atoms with Crippen LogP contribution in [0.2, 0.25) is 0 Å². The molecule has 20 heavy (non-hydrogen) atoms. The molecule has 2 heteroatoms. The first kappa shape index (κ1) is 13.6. The van der Waals surface area contributed by atoms with E-state index < -0.39 is 0 Å². The predicted molar refractivity (Wildman–Crippen MR) is 83.8 cm³/mol. The second kappa shape index (κ2) is 5.96. The van der Waals surface area contributed by atoms with Gasteiger partial charge in [-0.3, -0.25) is 4.90 Å². The Morgan fingerprint density at radius 2 is 1.70 bits per heavy atom. The molecule has 1 saturated heterocycles. The molecule has 4 rings (SSSR count). The fourth-order valence-corrected chi connectivity index (χ4v) is 5.49. The van der Waals surface area contributed by atoms with Crippen LogP contribution >= 0.6 is 0 Å². The fourth-order valence-electron chi connectivity index (χ4n) is 5.49. The Bertz CT molecular complexity index is 321. The van der Waals surface area contributed by atoms with Crippen molar-refractivity contribution in [3.63, 3.8) is 0 Å². The van der Waals surface area contributed by atoms with Crippen molar-refractivity contribution in [2.75, 3.05) is 19.6 Å². The minimum atomic E-state index is 0.824. The van der Waals surface area contributed by atoms with Gasteiger partial charge >= 0.3 is 0 Å². The van der Waals surface area contributed by atoms with E-state index in [9.17, 15) is 0 Å². The number of fused-ring (bicyclic) bond motifs is 1. The summed E-state index contributed by atoms with van der Waals surface area (Å²) in [6.07, 6.45) is 15.0. The van der Waals surface area contributed by atoms with Crippen molar-refractivity contribution in [3.05, 3.63) is 0 Å². The van der Waals surface area contributed by atoms with Crippen LogP contribution in [0.25, 0.3) is 0 Å². The number of hydrogen-bond acceptors (Lipinski definition) is 2. The van der Waals surface area contributed by atoms with Crippen molar-refractivity contribution in [3.8, 4) is 0 Å². The molecule has 1 aliphatic heterocycles. The summed E-state index contributed by atoms with van der Waals surface area (Å²) in [4.78, 5) is 2.88. The molecule has 0 spiro atoms. The molecule has 2 nitrogen and oxygen atoms in total. The molecule has 4 fully saturated rings. The number of rotatable bonds is 3. The summed E-state index contributed by atoms with van der Waals surface area (Å²) in [7, 11) is 0. The van der Waals surface area contributed by atoms with Crippen LogP contribution in [0.5, 0.6) is 0 Å². The van der Waals surface area contributed by atoms with Crippen LogP contribution in [-0.4, -0.2) is 36.6 Å². The van der Waals surface area contributed by atoms with Crippen LogP contribution in [0.4, 0.5) is 0 Å². The van der Waals surface area contributed by atoms with Gasteiger partial charge in [-0.1, -0.05) is 44.9 Å². The number of hydrogen-bond donors (Lipinski definition) is 1. The zero-order valence-electron chi connectivity index (χ0n) is 13.0. The molecule has 114 valence electrons. The summed E-state index contributed by atoms with van der Waals surface area (Å²) in [6.45, 7) is 3.99. The largest absolute Gasteiger partial charge is 0.311 e. The zero-order valence-corrected chi connectivity index (χ0v) is 13.0. The fraction of sp³-hybridized carbons (Fsp3) is 1.00. The highest BCUT2D eigenvalue weighted by Crippen LogP contribution is 2.50. The molecular formula is C18H32N2. The van der Waals surface area contributed by atoms with Gasteiger partial charge in [0.1, 0.15) is 0 Å². The summed E-state index contributed by atoms with van der Waals surface area (Å²) < 4.78 is 0. The third-order valence-corrected chi connectivity index (χ3v) is 6.71. The van der Waals surface area contributed by atoms with Crippen molar-refractivity contribution in [2.45, 2.75) is 76.3 Å². The Kier molecular flexibility index (Phi) is 4.05. The van der Waals surface area contributed by atoms with Gasteiger partial charge in [-0.15, -0.1) is 0 Å². The SMILES string of the molecule is C1CCC([C@@H]2C[C@@H]2CN2CCN[C@@H]3CCCC[C@H]32)CC1. The first-order valence-corrected chi connectivity index (χ1v) is 9.39. The minimum Gasteiger partial charge on any atom is -0.311 e. The lowest BCUT2D eigenvalue weighted by Gasteiger charge is -2.45. The van der Waals surface area contributed by atoms with E-state index in [1.54, 1.807) is 19.3 Å². The van der Waals surface area contributed by atoms with E-state index in [1.807, 2.05) is 0 Å². The normalized spacial score (nSPS) is 43.2. The second-order valence-corrected chi connectivity index (χ2v) is 7.97. The van der Waals surface area contributed by atoms with E-state index in [2.05, 4.69) is 10.2 Å². The molecule has 0 unspecified atom stereocenters. The Morgan fingerprint density at radius 1 is 0.900 bits per heavy atom. The molecule has 0 radical (unpaired) electrons. The quantitative estimate of drug-likeness (QED) is 0.849. The first-order chi connectivity index (χ1) is 9.92. The maximum atomic E-state index is 3.78. The lowest BCUT2D eigenvalue weighted by atomic mass is 9.84. The van der Waals surface area contributed by atoms with E-state index in [1.165, 1.54) is 64.6 Å². The molecule has 0 aromatic heterocycles. The third-order valence-electron chi connectivity index (χ3n) is 6.71. The van der Waals surface area contributed by atoms with Gasteiger partial charge in [0.25, 0.3) is 0 Å². The summed E-state index contributed by atoms with van der Waals surface area (Å²) in [5, 5.41) is 3.78. The maximum Gasteiger partial charge on any atom is 0.0250 e. The highest BCUT2D eigenvalue weighted by atomic mass is 15.2. The van der Waals surface area contributed by atoms with Gasteiger partial charge in [0.05, 0.1) is 0 Å². The van der Waals surface area contributed by atoms with Gasteiger partial charge in [-0.25, -0.2) is 0 Å². The Balaban J connectivity index is 1.30. The summed E-state index contributed by atoms with van der Waals surface area (Å²) in [5.74, 6) is 3.30. The van der Waals surface area contributed by atoms with Crippen LogP contribution in [0.3, 0.4) is 0 Å². The lowest BCUT2D eigenvalue weighted by Crippen LogP contribution is -2.59. The number of piperazine rings is 1. The summed E-state index contributed by atoms with van der Waals surface area (Å²) >= 11 is 0. The molecule has 3 aliphatic carbocycles. The van der Waals surface area contributed by atoms with Crippen LogP contribution in [0.15, 0.2) is 0 Å². The number of nitrogens with zero attached hydrogens (tertiary/aromatic N) is 1. The Hall–Kier alpha value is -0.0800. The van der Waals surface area contributed by atoms with E-state index in [0.717, 1.165) is 29.8 Å². The minimum absolute atomic E-state index is 0.824. The molecule has 0 aromatic rings. The molecule has 0 aromatic carbocycles. The Labute approximate surface area is 124 Å². The van der Waals surface area contributed by atoms with Gasteiger partial charge < -0.3 is 5.32 Å².